The minimum Gasteiger partial charge on any atom is -0.465 e. The smallest absolute Gasteiger partial charge is 0.456 e. The summed E-state index contributed by atoms with van der Waals surface area (Å²) in [6, 6.07) is 0. The number of hydrogen-bond donors (Lipinski definition) is 0. The van der Waals surface area contributed by atoms with Crippen molar-refractivity contribution < 1.29 is 32.6 Å². The Morgan fingerprint density at radius 1 is 1.08 bits per heavy atom. The zero-order valence-electron chi connectivity index (χ0n) is 14.8. The van der Waals surface area contributed by atoms with E-state index in [2.05, 4.69) is 4.74 Å². The Kier molecular flexibility index (Phi) is 4.81. The van der Waals surface area contributed by atoms with Gasteiger partial charge in [0.05, 0.1) is 24.2 Å². The first-order chi connectivity index (χ1) is 11.7. The number of esters is 2. The van der Waals surface area contributed by atoms with Crippen LogP contribution in [0.3, 0.4) is 0 Å². The number of alkyl halides is 2. The SMILES string of the molecule is CCCOC(=O)C12CC3CC(CC(OC(F)(F)C(=O)OCC)(C3)C1)C2. The predicted molar refractivity (Wildman–Crippen MR) is 83.8 cm³/mol. The van der Waals surface area contributed by atoms with Gasteiger partial charge in [0.15, 0.2) is 0 Å². The van der Waals surface area contributed by atoms with Crippen molar-refractivity contribution >= 4 is 11.9 Å². The summed E-state index contributed by atoms with van der Waals surface area (Å²) in [7, 11) is 0. The van der Waals surface area contributed by atoms with E-state index in [0.29, 0.717) is 32.3 Å². The Bertz CT molecular complexity index is 534. The van der Waals surface area contributed by atoms with Crippen molar-refractivity contribution in [2.24, 2.45) is 17.3 Å². The van der Waals surface area contributed by atoms with E-state index in [4.69, 9.17) is 9.47 Å². The van der Waals surface area contributed by atoms with Gasteiger partial charge in [-0.25, -0.2) is 4.79 Å². The summed E-state index contributed by atoms with van der Waals surface area (Å²) in [5, 5.41) is 0. The Morgan fingerprint density at radius 2 is 1.72 bits per heavy atom. The molecule has 4 bridgehead atoms. The van der Waals surface area contributed by atoms with E-state index in [0.717, 1.165) is 12.8 Å². The average Bonchev–Trinajstić information content (AvgIpc) is 2.50. The molecule has 0 aromatic heterocycles. The molecule has 0 amide bonds. The second-order valence-electron chi connectivity index (χ2n) is 7.90. The van der Waals surface area contributed by atoms with E-state index < -0.39 is 23.1 Å². The van der Waals surface area contributed by atoms with E-state index in [1.165, 1.54) is 6.92 Å². The summed E-state index contributed by atoms with van der Waals surface area (Å²) < 4.78 is 43.4. The topological polar surface area (TPSA) is 61.8 Å². The van der Waals surface area contributed by atoms with Gasteiger partial charge in [0, 0.05) is 0 Å². The van der Waals surface area contributed by atoms with Gasteiger partial charge >= 0.3 is 18.0 Å². The van der Waals surface area contributed by atoms with E-state index in [1.54, 1.807) is 0 Å². The molecule has 4 rings (SSSR count). The van der Waals surface area contributed by atoms with Crippen LogP contribution in [-0.4, -0.2) is 36.9 Å². The van der Waals surface area contributed by atoms with Crippen LogP contribution in [-0.2, 0) is 23.8 Å². The van der Waals surface area contributed by atoms with Crippen LogP contribution in [0.25, 0.3) is 0 Å². The number of halogens is 2. The molecule has 142 valence electrons. The van der Waals surface area contributed by atoms with Gasteiger partial charge in [-0.3, -0.25) is 4.79 Å². The highest BCUT2D eigenvalue weighted by Crippen LogP contribution is 2.64. The zero-order chi connectivity index (χ0) is 18.3. The van der Waals surface area contributed by atoms with Crippen molar-refractivity contribution in [3.63, 3.8) is 0 Å². The standard InChI is InChI=1S/C18H26F2O5/c1-3-5-24-14(21)16-7-12-6-13(8-16)10-17(9-12,11-16)25-18(19,20)15(22)23-4-2/h12-13H,3-11H2,1-2H3. The summed E-state index contributed by atoms with van der Waals surface area (Å²) in [6.07, 6.45) is 0.115. The second-order valence-corrected chi connectivity index (χ2v) is 7.90. The molecule has 0 N–H and O–H groups in total. The second kappa shape index (κ2) is 6.49. The van der Waals surface area contributed by atoms with Crippen molar-refractivity contribution in [2.45, 2.75) is 70.5 Å². The fraction of sp³-hybridized carbons (Fsp3) is 0.889. The molecule has 0 spiro atoms. The molecule has 0 saturated heterocycles. The van der Waals surface area contributed by atoms with Gasteiger partial charge in [-0.1, -0.05) is 6.92 Å². The number of carbonyl (C=O) groups excluding carboxylic acids is 2. The minimum absolute atomic E-state index is 0.136. The number of carbonyl (C=O) groups is 2. The third-order valence-electron chi connectivity index (χ3n) is 5.74. The van der Waals surface area contributed by atoms with E-state index in [9.17, 15) is 18.4 Å². The Balaban J connectivity index is 1.80. The van der Waals surface area contributed by atoms with Crippen molar-refractivity contribution in [1.82, 2.24) is 0 Å². The lowest BCUT2D eigenvalue weighted by Gasteiger charge is -2.60. The summed E-state index contributed by atoms with van der Waals surface area (Å²) in [5.41, 5.74) is -1.89. The van der Waals surface area contributed by atoms with E-state index >= 15 is 0 Å². The monoisotopic (exact) mass is 360 g/mol. The molecule has 2 atom stereocenters. The zero-order valence-corrected chi connectivity index (χ0v) is 14.8. The summed E-state index contributed by atoms with van der Waals surface area (Å²) >= 11 is 0. The van der Waals surface area contributed by atoms with Gasteiger partial charge in [0.2, 0.25) is 0 Å². The molecule has 0 aromatic rings. The molecule has 4 aliphatic rings. The molecular formula is C18H26F2O5. The fourth-order valence-electron chi connectivity index (χ4n) is 5.41. The Labute approximate surface area is 146 Å². The van der Waals surface area contributed by atoms with Crippen molar-refractivity contribution in [3.8, 4) is 0 Å². The van der Waals surface area contributed by atoms with Crippen LogP contribution in [0.15, 0.2) is 0 Å². The highest BCUT2D eigenvalue weighted by molar-refractivity contribution is 5.78. The van der Waals surface area contributed by atoms with Crippen LogP contribution in [0.4, 0.5) is 8.78 Å². The van der Waals surface area contributed by atoms with E-state index in [1.807, 2.05) is 6.92 Å². The van der Waals surface area contributed by atoms with Crippen LogP contribution in [0.2, 0.25) is 0 Å². The quantitative estimate of drug-likeness (QED) is 0.651. The Morgan fingerprint density at radius 3 is 2.28 bits per heavy atom. The normalized spacial score (nSPS) is 36.3. The average molecular weight is 360 g/mol. The van der Waals surface area contributed by atoms with Crippen molar-refractivity contribution in [1.29, 1.82) is 0 Å². The maximum Gasteiger partial charge on any atom is 0.456 e. The maximum atomic E-state index is 14.2. The number of hydrogen-bond acceptors (Lipinski definition) is 5. The summed E-state index contributed by atoms with van der Waals surface area (Å²) in [4.78, 5) is 24.2. The lowest BCUT2D eigenvalue weighted by molar-refractivity contribution is -0.323. The fourth-order valence-corrected chi connectivity index (χ4v) is 5.41. The van der Waals surface area contributed by atoms with Gasteiger partial charge in [-0.05, 0) is 63.7 Å². The highest BCUT2D eigenvalue weighted by atomic mass is 19.3. The first-order valence-electron chi connectivity index (χ1n) is 9.17. The van der Waals surface area contributed by atoms with Crippen LogP contribution in [0.1, 0.15) is 58.8 Å². The molecule has 7 heteroatoms. The molecule has 4 fully saturated rings. The van der Waals surface area contributed by atoms with Gasteiger partial charge < -0.3 is 14.2 Å². The molecule has 0 heterocycles. The minimum atomic E-state index is -3.99. The number of rotatable bonds is 7. The molecule has 4 saturated carbocycles. The van der Waals surface area contributed by atoms with Gasteiger partial charge in [-0.2, -0.15) is 8.78 Å². The predicted octanol–water partition coefficient (Wildman–Crippen LogP) is 3.45. The first kappa shape index (κ1) is 18.5. The molecule has 5 nitrogen and oxygen atoms in total. The maximum absolute atomic E-state index is 14.2. The highest BCUT2D eigenvalue weighted by Gasteiger charge is 2.65. The molecule has 0 aliphatic heterocycles. The molecule has 4 aliphatic carbocycles. The van der Waals surface area contributed by atoms with Crippen LogP contribution < -0.4 is 0 Å². The third kappa shape index (κ3) is 3.39. The van der Waals surface area contributed by atoms with Crippen LogP contribution >= 0.6 is 0 Å². The lowest BCUT2D eigenvalue weighted by Crippen LogP contribution is -2.61. The first-order valence-corrected chi connectivity index (χ1v) is 9.17. The molecule has 25 heavy (non-hydrogen) atoms. The Hall–Kier alpha value is -1.24. The van der Waals surface area contributed by atoms with Crippen molar-refractivity contribution in [3.05, 3.63) is 0 Å². The molecular weight excluding hydrogens is 334 g/mol. The number of ether oxygens (including phenoxy) is 3. The third-order valence-corrected chi connectivity index (χ3v) is 5.74. The van der Waals surface area contributed by atoms with Crippen LogP contribution in [0.5, 0.6) is 0 Å². The summed E-state index contributed by atoms with van der Waals surface area (Å²) in [5.74, 6) is -1.63. The molecule has 2 unspecified atom stereocenters. The van der Waals surface area contributed by atoms with E-state index in [-0.39, 0.29) is 30.8 Å². The van der Waals surface area contributed by atoms with Gasteiger partial charge in [-0.15, -0.1) is 0 Å². The molecule has 0 aromatic carbocycles. The largest absolute Gasteiger partial charge is 0.465 e. The molecule has 0 radical (unpaired) electrons. The van der Waals surface area contributed by atoms with Crippen LogP contribution in [0, 0.1) is 17.3 Å². The van der Waals surface area contributed by atoms with Gasteiger partial charge in [0.1, 0.15) is 0 Å². The van der Waals surface area contributed by atoms with Gasteiger partial charge in [0.25, 0.3) is 0 Å². The lowest BCUT2D eigenvalue weighted by atomic mass is 9.48. The van der Waals surface area contributed by atoms with Crippen molar-refractivity contribution in [2.75, 3.05) is 13.2 Å². The summed E-state index contributed by atoms with van der Waals surface area (Å²) in [6.45, 7) is 3.58.